The number of fused-ring (bicyclic) bond motifs is 1. The lowest BCUT2D eigenvalue weighted by Gasteiger charge is -2.19. The summed E-state index contributed by atoms with van der Waals surface area (Å²) in [5.41, 5.74) is 1.14. The van der Waals surface area contributed by atoms with Crippen LogP contribution in [-0.4, -0.2) is 41.6 Å². The van der Waals surface area contributed by atoms with Gasteiger partial charge in [0.15, 0.2) is 0 Å². The van der Waals surface area contributed by atoms with Gasteiger partial charge in [-0.3, -0.25) is 9.89 Å². The quantitative estimate of drug-likeness (QED) is 0.653. The molecule has 0 radical (unpaired) electrons. The van der Waals surface area contributed by atoms with Crippen LogP contribution in [0, 0.1) is 17.0 Å². The normalized spacial score (nSPS) is 15.3. The van der Waals surface area contributed by atoms with Gasteiger partial charge in [0, 0.05) is 23.6 Å². The lowest BCUT2D eigenvalue weighted by molar-refractivity contribution is -0.121. The third-order valence-corrected chi connectivity index (χ3v) is 5.21. The highest BCUT2D eigenvalue weighted by Gasteiger charge is 2.50. The molecule has 0 aliphatic heterocycles. The summed E-state index contributed by atoms with van der Waals surface area (Å²) in [6.07, 6.45) is 4.87. The summed E-state index contributed by atoms with van der Waals surface area (Å²) in [5.74, 6) is -1.03. The molecule has 2 N–H and O–H groups in total. The number of nitrogens with zero attached hydrogens (tertiary/aromatic N) is 2. The fourth-order valence-corrected chi connectivity index (χ4v) is 3.53. The van der Waals surface area contributed by atoms with Crippen LogP contribution in [0.15, 0.2) is 36.4 Å². The minimum absolute atomic E-state index is 0.120. The highest BCUT2D eigenvalue weighted by atomic mass is 19.1. The van der Waals surface area contributed by atoms with Gasteiger partial charge in [0.1, 0.15) is 11.6 Å². The van der Waals surface area contributed by atoms with E-state index >= 15 is 0 Å². The fourth-order valence-electron chi connectivity index (χ4n) is 3.53. The van der Waals surface area contributed by atoms with Crippen LogP contribution in [0.4, 0.5) is 14.5 Å². The van der Waals surface area contributed by atoms with E-state index in [1.165, 1.54) is 12.1 Å². The van der Waals surface area contributed by atoms with Gasteiger partial charge in [0.05, 0.1) is 22.3 Å². The number of halogens is 2. The summed E-state index contributed by atoms with van der Waals surface area (Å²) >= 11 is 0. The van der Waals surface area contributed by atoms with E-state index in [4.69, 9.17) is 0 Å². The predicted molar refractivity (Wildman–Crippen MR) is 110 cm³/mol. The van der Waals surface area contributed by atoms with Crippen molar-refractivity contribution >= 4 is 34.6 Å². The predicted octanol–water partition coefficient (Wildman–Crippen LogP) is 4.29. The molecule has 1 heterocycles. The Kier molecular flexibility index (Phi) is 4.92. The monoisotopic (exact) mass is 396 g/mol. The van der Waals surface area contributed by atoms with Crippen LogP contribution in [0.1, 0.15) is 24.1 Å². The van der Waals surface area contributed by atoms with Crippen molar-refractivity contribution in [2.24, 2.45) is 5.41 Å². The summed E-state index contributed by atoms with van der Waals surface area (Å²) in [6, 6.07) is 9.29. The molecular formula is C22H22F2N4O. The maximum absolute atomic E-state index is 14.5. The summed E-state index contributed by atoms with van der Waals surface area (Å²) in [4.78, 5) is 14.7. The summed E-state index contributed by atoms with van der Waals surface area (Å²) in [6.45, 7) is 0.630. The Hall–Kier alpha value is -3.06. The first kappa shape index (κ1) is 19.3. The SMILES string of the molecule is CN(C)CC1(C(=O)Nc2cc3c(/C=C/c4ccccc4F)n[nH]c3cc2F)CC1. The van der Waals surface area contributed by atoms with Crippen LogP contribution >= 0.6 is 0 Å². The van der Waals surface area contributed by atoms with E-state index < -0.39 is 11.2 Å². The number of hydrogen-bond donors (Lipinski definition) is 2. The van der Waals surface area contributed by atoms with Crippen molar-refractivity contribution in [1.82, 2.24) is 15.1 Å². The molecule has 29 heavy (non-hydrogen) atoms. The number of benzene rings is 2. The number of hydrogen-bond acceptors (Lipinski definition) is 3. The molecule has 1 amide bonds. The molecular weight excluding hydrogens is 374 g/mol. The van der Waals surface area contributed by atoms with Crippen molar-refractivity contribution in [3.8, 4) is 0 Å². The molecule has 7 heteroatoms. The van der Waals surface area contributed by atoms with Gasteiger partial charge in [-0.1, -0.05) is 18.2 Å². The van der Waals surface area contributed by atoms with Crippen molar-refractivity contribution in [3.05, 3.63) is 59.3 Å². The third kappa shape index (κ3) is 3.91. The lowest BCUT2D eigenvalue weighted by Crippen LogP contribution is -2.33. The van der Waals surface area contributed by atoms with Crippen LogP contribution in [0.2, 0.25) is 0 Å². The smallest absolute Gasteiger partial charge is 0.231 e. The van der Waals surface area contributed by atoms with Crippen molar-refractivity contribution in [3.63, 3.8) is 0 Å². The summed E-state index contributed by atoms with van der Waals surface area (Å²) < 4.78 is 28.3. The minimum atomic E-state index is -0.528. The Bertz CT molecular complexity index is 1100. The number of amides is 1. The molecule has 150 valence electrons. The number of nitrogens with one attached hydrogen (secondary N) is 2. The minimum Gasteiger partial charge on any atom is -0.323 e. The Morgan fingerprint density at radius 2 is 1.97 bits per heavy atom. The zero-order valence-corrected chi connectivity index (χ0v) is 16.3. The van der Waals surface area contributed by atoms with E-state index in [1.54, 1.807) is 36.4 Å². The average molecular weight is 396 g/mol. The Morgan fingerprint density at radius 3 is 2.66 bits per heavy atom. The number of carbonyl (C=O) groups excluding carboxylic acids is 1. The molecule has 0 unspecified atom stereocenters. The van der Waals surface area contributed by atoms with Crippen LogP contribution < -0.4 is 5.32 Å². The Labute approximate surface area is 167 Å². The number of rotatable bonds is 6. The fraction of sp³-hybridized carbons (Fsp3) is 0.273. The van der Waals surface area contributed by atoms with Crippen LogP contribution in [0.25, 0.3) is 23.1 Å². The standard InChI is InChI=1S/C22H22F2N4O/c1-28(2)13-22(9-10-22)21(29)25-20-11-15-18(26-27-19(15)12-17(20)24)8-7-14-5-3-4-6-16(14)23/h3-8,11-12H,9-10,13H2,1-2H3,(H,25,29)(H,26,27)/b8-7+. The van der Waals surface area contributed by atoms with Gasteiger partial charge in [-0.2, -0.15) is 5.10 Å². The van der Waals surface area contributed by atoms with E-state index in [2.05, 4.69) is 15.5 Å². The van der Waals surface area contributed by atoms with Crippen LogP contribution in [0.3, 0.4) is 0 Å². The molecule has 1 fully saturated rings. The van der Waals surface area contributed by atoms with Gasteiger partial charge in [-0.05, 0) is 51.2 Å². The van der Waals surface area contributed by atoms with E-state index in [9.17, 15) is 13.6 Å². The third-order valence-electron chi connectivity index (χ3n) is 5.21. The number of aromatic amines is 1. The van der Waals surface area contributed by atoms with E-state index in [1.807, 2.05) is 19.0 Å². The summed E-state index contributed by atoms with van der Waals surface area (Å²) in [7, 11) is 3.83. The second-order valence-electron chi connectivity index (χ2n) is 7.81. The first-order chi connectivity index (χ1) is 13.9. The van der Waals surface area contributed by atoms with Gasteiger partial charge in [-0.25, -0.2) is 8.78 Å². The molecule has 0 bridgehead atoms. The average Bonchev–Trinajstić information content (AvgIpc) is 3.35. The molecule has 1 aliphatic carbocycles. The Balaban J connectivity index is 1.62. The van der Waals surface area contributed by atoms with Gasteiger partial charge >= 0.3 is 0 Å². The van der Waals surface area contributed by atoms with Gasteiger partial charge in [-0.15, -0.1) is 0 Å². The highest BCUT2D eigenvalue weighted by Crippen LogP contribution is 2.47. The maximum Gasteiger partial charge on any atom is 0.231 e. The molecule has 0 atom stereocenters. The van der Waals surface area contributed by atoms with Gasteiger partial charge < -0.3 is 10.2 Å². The second kappa shape index (κ2) is 7.40. The van der Waals surface area contributed by atoms with Crippen molar-refractivity contribution in [2.75, 3.05) is 26.0 Å². The molecule has 2 aromatic carbocycles. The zero-order valence-electron chi connectivity index (χ0n) is 16.3. The van der Waals surface area contributed by atoms with Crippen LogP contribution in [0.5, 0.6) is 0 Å². The number of anilines is 1. The second-order valence-corrected chi connectivity index (χ2v) is 7.81. The molecule has 0 spiro atoms. The number of carbonyl (C=O) groups is 1. The largest absolute Gasteiger partial charge is 0.323 e. The molecule has 3 aromatic rings. The summed E-state index contributed by atoms with van der Waals surface area (Å²) in [5, 5.41) is 10.3. The topological polar surface area (TPSA) is 61.0 Å². The van der Waals surface area contributed by atoms with Crippen molar-refractivity contribution < 1.29 is 13.6 Å². The molecule has 0 saturated heterocycles. The van der Waals surface area contributed by atoms with Gasteiger partial charge in [0.2, 0.25) is 5.91 Å². The molecule has 1 aliphatic rings. The van der Waals surface area contributed by atoms with Crippen molar-refractivity contribution in [1.29, 1.82) is 0 Å². The lowest BCUT2D eigenvalue weighted by atomic mass is 10.1. The van der Waals surface area contributed by atoms with Crippen molar-refractivity contribution in [2.45, 2.75) is 12.8 Å². The zero-order chi connectivity index (χ0) is 20.6. The first-order valence-electron chi connectivity index (χ1n) is 9.44. The van der Waals surface area contributed by atoms with Crippen LogP contribution in [-0.2, 0) is 4.79 Å². The van der Waals surface area contributed by atoms with E-state index in [-0.39, 0.29) is 17.4 Å². The number of H-pyrrole nitrogens is 1. The van der Waals surface area contributed by atoms with E-state index in [0.717, 1.165) is 12.8 Å². The highest BCUT2D eigenvalue weighted by molar-refractivity contribution is 6.00. The first-order valence-corrected chi connectivity index (χ1v) is 9.44. The molecule has 5 nitrogen and oxygen atoms in total. The molecule has 1 aromatic heterocycles. The maximum atomic E-state index is 14.5. The van der Waals surface area contributed by atoms with Gasteiger partial charge in [0.25, 0.3) is 0 Å². The van der Waals surface area contributed by atoms with E-state index in [0.29, 0.717) is 28.7 Å². The molecule has 1 saturated carbocycles. The number of aromatic nitrogens is 2. The Morgan fingerprint density at radius 1 is 1.21 bits per heavy atom. The molecule has 4 rings (SSSR count).